The molecule has 2 aromatic rings. The number of rotatable bonds is 7. The van der Waals surface area contributed by atoms with Gasteiger partial charge >= 0.3 is 0 Å². The topological polar surface area (TPSA) is 18.5 Å². The molecule has 4 aliphatic rings. The molecule has 2 aliphatic heterocycles. The van der Waals surface area contributed by atoms with E-state index in [0.717, 1.165) is 36.9 Å². The molecule has 2 nitrogen and oxygen atoms in total. The predicted molar refractivity (Wildman–Crippen MR) is 108 cm³/mol. The van der Waals surface area contributed by atoms with Gasteiger partial charge in [-0.25, -0.2) is 0 Å². The van der Waals surface area contributed by atoms with Gasteiger partial charge in [0.2, 0.25) is 0 Å². The molecule has 4 fully saturated rings. The standard InChI is InChI=1S/C25H30O2/c1-2-8-22(9-3-1)27-23-10-4-7-21(18-23)25-16-14-24(15-17-25,19-26-25)13-5-6-20-11-12-20/h1-4,7-10,18,20H,5-6,11-17,19H2. The molecule has 0 N–H and O–H groups in total. The molecule has 0 unspecified atom stereocenters. The van der Waals surface area contributed by atoms with E-state index >= 15 is 0 Å². The summed E-state index contributed by atoms with van der Waals surface area (Å²) in [5, 5.41) is 0. The Morgan fingerprint density at radius 1 is 0.889 bits per heavy atom. The highest BCUT2D eigenvalue weighted by Gasteiger charge is 2.50. The van der Waals surface area contributed by atoms with Gasteiger partial charge < -0.3 is 9.47 Å². The third-order valence-corrected chi connectivity index (χ3v) is 7.13. The second-order valence-corrected chi connectivity index (χ2v) is 9.06. The Morgan fingerprint density at radius 2 is 1.67 bits per heavy atom. The smallest absolute Gasteiger partial charge is 0.127 e. The molecular formula is C25H30O2. The van der Waals surface area contributed by atoms with Gasteiger partial charge in [-0.1, -0.05) is 56.0 Å². The van der Waals surface area contributed by atoms with Gasteiger partial charge in [-0.3, -0.25) is 0 Å². The van der Waals surface area contributed by atoms with Crippen LogP contribution in [0.1, 0.15) is 63.4 Å². The van der Waals surface area contributed by atoms with E-state index < -0.39 is 0 Å². The van der Waals surface area contributed by atoms with Crippen LogP contribution in [0.15, 0.2) is 54.6 Å². The molecule has 0 radical (unpaired) electrons. The third kappa shape index (κ3) is 3.65. The second kappa shape index (κ2) is 6.98. The maximum Gasteiger partial charge on any atom is 0.127 e. The van der Waals surface area contributed by atoms with Gasteiger partial charge in [0, 0.05) is 0 Å². The van der Waals surface area contributed by atoms with Crippen molar-refractivity contribution in [3.63, 3.8) is 0 Å². The maximum atomic E-state index is 6.58. The Balaban J connectivity index is 1.26. The van der Waals surface area contributed by atoms with Crippen LogP contribution in [0.5, 0.6) is 11.5 Å². The number of benzene rings is 2. The van der Waals surface area contributed by atoms with E-state index in [-0.39, 0.29) is 5.60 Å². The van der Waals surface area contributed by atoms with Gasteiger partial charge in [0.05, 0.1) is 12.2 Å². The summed E-state index contributed by atoms with van der Waals surface area (Å²) in [5.74, 6) is 2.85. The minimum absolute atomic E-state index is 0.0890. The average molecular weight is 363 g/mol. The van der Waals surface area contributed by atoms with E-state index in [0.29, 0.717) is 5.41 Å². The van der Waals surface area contributed by atoms with Crippen molar-refractivity contribution in [3.05, 3.63) is 60.2 Å². The van der Waals surface area contributed by atoms with E-state index in [1.165, 1.54) is 50.5 Å². The minimum Gasteiger partial charge on any atom is -0.457 e. The van der Waals surface area contributed by atoms with Crippen molar-refractivity contribution in [2.75, 3.05) is 6.61 Å². The number of ether oxygens (including phenoxy) is 2. The van der Waals surface area contributed by atoms with Gasteiger partial charge in [-0.2, -0.15) is 0 Å². The molecule has 6 rings (SSSR count). The van der Waals surface area contributed by atoms with Crippen molar-refractivity contribution >= 4 is 0 Å². The second-order valence-electron chi connectivity index (χ2n) is 9.06. The first-order valence-corrected chi connectivity index (χ1v) is 10.7. The zero-order valence-electron chi connectivity index (χ0n) is 16.2. The Bertz CT molecular complexity index is 753. The van der Waals surface area contributed by atoms with Crippen LogP contribution in [-0.2, 0) is 10.3 Å². The van der Waals surface area contributed by atoms with E-state index in [2.05, 4.69) is 18.2 Å². The zero-order chi connectivity index (χ0) is 18.2. The van der Waals surface area contributed by atoms with Crippen LogP contribution in [0.3, 0.4) is 0 Å². The highest BCUT2D eigenvalue weighted by Crippen LogP contribution is 2.56. The molecule has 2 saturated heterocycles. The highest BCUT2D eigenvalue weighted by atomic mass is 16.5. The molecule has 0 amide bonds. The predicted octanol–water partition coefficient (Wildman–Crippen LogP) is 6.85. The first-order valence-electron chi connectivity index (χ1n) is 10.7. The molecule has 2 saturated carbocycles. The first-order chi connectivity index (χ1) is 13.3. The number of fused-ring (bicyclic) bond motifs is 3. The fourth-order valence-electron chi connectivity index (χ4n) is 5.10. The zero-order valence-corrected chi connectivity index (χ0v) is 16.2. The van der Waals surface area contributed by atoms with Crippen molar-refractivity contribution in [1.82, 2.24) is 0 Å². The lowest BCUT2D eigenvalue weighted by molar-refractivity contribution is -0.192. The van der Waals surface area contributed by atoms with E-state index in [4.69, 9.17) is 9.47 Å². The lowest BCUT2D eigenvalue weighted by Crippen LogP contribution is -2.49. The molecule has 0 atom stereocenters. The van der Waals surface area contributed by atoms with Crippen LogP contribution < -0.4 is 4.74 Å². The van der Waals surface area contributed by atoms with Gasteiger partial charge in [0.15, 0.2) is 0 Å². The van der Waals surface area contributed by atoms with Gasteiger partial charge in [-0.15, -0.1) is 0 Å². The van der Waals surface area contributed by atoms with E-state index in [1.807, 2.05) is 36.4 Å². The average Bonchev–Trinajstić information content (AvgIpc) is 3.55. The Labute approximate surface area is 162 Å². The molecule has 27 heavy (non-hydrogen) atoms. The normalized spacial score (nSPS) is 29.6. The van der Waals surface area contributed by atoms with Crippen LogP contribution in [-0.4, -0.2) is 6.61 Å². The minimum atomic E-state index is -0.0890. The lowest BCUT2D eigenvalue weighted by Gasteiger charge is -2.53. The Kier molecular flexibility index (Phi) is 4.47. The van der Waals surface area contributed by atoms with Crippen LogP contribution in [0, 0.1) is 11.3 Å². The van der Waals surface area contributed by atoms with Crippen molar-refractivity contribution in [3.8, 4) is 11.5 Å². The first kappa shape index (κ1) is 17.3. The fourth-order valence-corrected chi connectivity index (χ4v) is 5.10. The summed E-state index contributed by atoms with van der Waals surface area (Å²) in [6, 6.07) is 18.6. The van der Waals surface area contributed by atoms with Crippen LogP contribution in [0.4, 0.5) is 0 Å². The van der Waals surface area contributed by atoms with E-state index in [1.54, 1.807) is 0 Å². The Hall–Kier alpha value is -1.80. The molecular weight excluding hydrogens is 332 g/mol. The van der Waals surface area contributed by atoms with Crippen molar-refractivity contribution in [1.29, 1.82) is 0 Å². The van der Waals surface area contributed by atoms with Crippen molar-refractivity contribution in [2.45, 2.75) is 63.4 Å². The largest absolute Gasteiger partial charge is 0.457 e. The Morgan fingerprint density at radius 3 is 2.37 bits per heavy atom. The molecule has 0 aromatic heterocycles. The summed E-state index contributed by atoms with van der Waals surface area (Å²) in [5.41, 5.74) is 1.67. The molecule has 2 heteroatoms. The number of hydrogen-bond donors (Lipinski definition) is 0. The lowest BCUT2D eigenvalue weighted by atomic mass is 9.62. The van der Waals surface area contributed by atoms with Crippen LogP contribution in [0.2, 0.25) is 0 Å². The van der Waals surface area contributed by atoms with Crippen molar-refractivity contribution in [2.24, 2.45) is 11.3 Å². The summed E-state index contributed by atoms with van der Waals surface area (Å²) in [6.45, 7) is 0.946. The SMILES string of the molecule is c1ccc(Oc2cccc(C34CCC(CCCC5CC5)(CC3)CO4)c2)cc1. The summed E-state index contributed by atoms with van der Waals surface area (Å²) in [6.07, 6.45) is 12.1. The molecule has 2 heterocycles. The molecule has 2 aromatic carbocycles. The molecule has 0 spiro atoms. The molecule has 2 aliphatic carbocycles. The summed E-state index contributed by atoms with van der Waals surface area (Å²) < 4.78 is 12.6. The highest BCUT2D eigenvalue weighted by molar-refractivity contribution is 5.37. The quantitative estimate of drug-likeness (QED) is 0.536. The fraction of sp³-hybridized carbons (Fsp3) is 0.520. The summed E-state index contributed by atoms with van der Waals surface area (Å²) in [7, 11) is 0. The number of para-hydroxylation sites is 1. The monoisotopic (exact) mass is 362 g/mol. The maximum absolute atomic E-state index is 6.58. The van der Waals surface area contributed by atoms with Crippen LogP contribution >= 0.6 is 0 Å². The number of hydrogen-bond acceptors (Lipinski definition) is 2. The summed E-state index contributed by atoms with van der Waals surface area (Å²) in [4.78, 5) is 0. The van der Waals surface area contributed by atoms with E-state index in [9.17, 15) is 0 Å². The summed E-state index contributed by atoms with van der Waals surface area (Å²) >= 11 is 0. The molecule has 2 bridgehead atoms. The van der Waals surface area contributed by atoms with Crippen LogP contribution in [0.25, 0.3) is 0 Å². The van der Waals surface area contributed by atoms with Crippen molar-refractivity contribution < 1.29 is 9.47 Å². The van der Waals surface area contributed by atoms with Gasteiger partial charge in [0.1, 0.15) is 11.5 Å². The van der Waals surface area contributed by atoms with Gasteiger partial charge in [-0.05, 0) is 73.3 Å². The molecule has 142 valence electrons. The van der Waals surface area contributed by atoms with Gasteiger partial charge in [0.25, 0.3) is 0 Å². The third-order valence-electron chi connectivity index (χ3n) is 7.13.